The van der Waals surface area contributed by atoms with Gasteiger partial charge in [-0.25, -0.2) is 4.98 Å². The minimum absolute atomic E-state index is 0.296. The summed E-state index contributed by atoms with van der Waals surface area (Å²) < 4.78 is 0. The van der Waals surface area contributed by atoms with Crippen molar-refractivity contribution in [3.8, 4) is 0 Å². The first-order valence-electron chi connectivity index (χ1n) is 6.14. The first kappa shape index (κ1) is 12.8. The maximum absolute atomic E-state index is 6.14. The molecule has 18 heavy (non-hydrogen) atoms. The number of nitrogens with zero attached hydrogens (tertiary/aromatic N) is 2. The van der Waals surface area contributed by atoms with Gasteiger partial charge in [0.15, 0.2) is 0 Å². The van der Waals surface area contributed by atoms with E-state index in [0.29, 0.717) is 33.0 Å². The summed E-state index contributed by atoms with van der Waals surface area (Å²) in [5.41, 5.74) is 0. The van der Waals surface area contributed by atoms with Crippen LogP contribution in [0.25, 0.3) is 0 Å². The molecule has 0 spiro atoms. The number of rotatable bonds is 2. The van der Waals surface area contributed by atoms with E-state index in [1.807, 2.05) is 0 Å². The molecule has 98 valence electrons. The molecule has 0 aromatic carbocycles. The third-order valence-corrected chi connectivity index (χ3v) is 4.83. The number of piperidine rings is 3. The molecule has 1 aromatic rings. The normalized spacial score (nSPS) is 30.5. The van der Waals surface area contributed by atoms with Crippen LogP contribution in [0.1, 0.15) is 12.8 Å². The number of nitrogens with one attached hydrogen (secondary N) is 1. The maximum Gasteiger partial charge on any atom is 0.150 e. The average Bonchev–Trinajstić information content (AvgIpc) is 2.37. The van der Waals surface area contributed by atoms with Crippen LogP contribution in [-0.2, 0) is 0 Å². The van der Waals surface area contributed by atoms with Gasteiger partial charge in [-0.2, -0.15) is 0 Å². The van der Waals surface area contributed by atoms with Crippen LogP contribution in [0.4, 0.5) is 5.82 Å². The quantitative estimate of drug-likeness (QED) is 0.847. The van der Waals surface area contributed by atoms with Crippen molar-refractivity contribution in [1.29, 1.82) is 0 Å². The fourth-order valence-corrected chi connectivity index (χ4v) is 3.40. The van der Waals surface area contributed by atoms with E-state index in [-0.39, 0.29) is 0 Å². The minimum atomic E-state index is 0.296. The van der Waals surface area contributed by atoms with Crippen LogP contribution < -0.4 is 5.32 Å². The molecule has 3 fully saturated rings. The highest BCUT2D eigenvalue weighted by molar-refractivity contribution is 6.42. The molecule has 3 aliphatic heterocycles. The minimum Gasteiger partial charge on any atom is -0.364 e. The average molecular weight is 307 g/mol. The predicted octanol–water partition coefficient (Wildman–Crippen LogP) is 3.55. The van der Waals surface area contributed by atoms with Gasteiger partial charge in [0.05, 0.1) is 10.0 Å². The molecule has 0 aliphatic carbocycles. The highest BCUT2D eigenvalue weighted by Crippen LogP contribution is 2.33. The number of hydrogen-bond acceptors (Lipinski definition) is 3. The Balaban J connectivity index is 1.78. The van der Waals surface area contributed by atoms with Crippen molar-refractivity contribution in [3.63, 3.8) is 0 Å². The van der Waals surface area contributed by atoms with Crippen LogP contribution in [0.2, 0.25) is 15.2 Å². The Morgan fingerprint density at radius 1 is 1.17 bits per heavy atom. The molecule has 4 rings (SSSR count). The molecule has 3 aliphatic rings. The van der Waals surface area contributed by atoms with Crippen molar-refractivity contribution in [1.82, 2.24) is 9.88 Å². The Kier molecular flexibility index (Phi) is 3.59. The molecule has 4 heterocycles. The number of fused-ring (bicyclic) bond motifs is 3. The van der Waals surface area contributed by atoms with Crippen LogP contribution in [0.15, 0.2) is 6.07 Å². The van der Waals surface area contributed by atoms with Crippen molar-refractivity contribution in [2.45, 2.75) is 18.9 Å². The van der Waals surface area contributed by atoms with E-state index < -0.39 is 0 Å². The van der Waals surface area contributed by atoms with Crippen molar-refractivity contribution in [2.75, 3.05) is 25.0 Å². The van der Waals surface area contributed by atoms with E-state index in [1.54, 1.807) is 6.07 Å². The SMILES string of the molecule is Clc1cc(Cl)c(NC2CN3CCC2CC3)nc1Cl. The Morgan fingerprint density at radius 2 is 1.89 bits per heavy atom. The van der Waals surface area contributed by atoms with E-state index in [4.69, 9.17) is 34.8 Å². The highest BCUT2D eigenvalue weighted by atomic mass is 35.5. The summed E-state index contributed by atoms with van der Waals surface area (Å²) in [5, 5.41) is 4.64. The van der Waals surface area contributed by atoms with Crippen molar-refractivity contribution >= 4 is 40.6 Å². The standard InChI is InChI=1S/C12H14Cl3N3/c13-8-5-9(14)12(17-11(8)15)16-10-6-18-3-1-7(10)2-4-18/h5,7,10H,1-4,6H2,(H,16,17). The lowest BCUT2D eigenvalue weighted by Crippen LogP contribution is -2.53. The van der Waals surface area contributed by atoms with Gasteiger partial charge in [-0.15, -0.1) is 0 Å². The summed E-state index contributed by atoms with van der Waals surface area (Å²) in [7, 11) is 0. The number of halogens is 3. The molecule has 3 nitrogen and oxygen atoms in total. The largest absolute Gasteiger partial charge is 0.364 e. The topological polar surface area (TPSA) is 28.2 Å². The first-order valence-corrected chi connectivity index (χ1v) is 7.27. The highest BCUT2D eigenvalue weighted by Gasteiger charge is 2.34. The maximum atomic E-state index is 6.14. The Hall–Kier alpha value is -0.220. The molecular formula is C12H14Cl3N3. The van der Waals surface area contributed by atoms with Crippen LogP contribution in [-0.4, -0.2) is 35.6 Å². The molecule has 1 N–H and O–H groups in total. The molecule has 0 amide bonds. The van der Waals surface area contributed by atoms with Gasteiger partial charge in [0, 0.05) is 12.6 Å². The van der Waals surface area contributed by atoms with Gasteiger partial charge in [0.2, 0.25) is 0 Å². The second-order valence-electron chi connectivity index (χ2n) is 4.98. The van der Waals surface area contributed by atoms with Crippen molar-refractivity contribution < 1.29 is 0 Å². The second kappa shape index (κ2) is 5.04. The van der Waals surface area contributed by atoms with Crippen molar-refractivity contribution in [2.24, 2.45) is 5.92 Å². The van der Waals surface area contributed by atoms with Crippen LogP contribution >= 0.6 is 34.8 Å². The number of hydrogen-bond donors (Lipinski definition) is 1. The zero-order chi connectivity index (χ0) is 12.7. The predicted molar refractivity (Wildman–Crippen MR) is 75.8 cm³/mol. The molecule has 6 heteroatoms. The first-order chi connectivity index (χ1) is 8.63. The van der Waals surface area contributed by atoms with Crippen molar-refractivity contribution in [3.05, 3.63) is 21.3 Å². The van der Waals surface area contributed by atoms with Gasteiger partial charge in [-0.05, 0) is 37.9 Å². The number of aromatic nitrogens is 1. The van der Waals surface area contributed by atoms with Gasteiger partial charge < -0.3 is 10.2 Å². The molecular weight excluding hydrogens is 293 g/mol. The molecule has 0 radical (unpaired) electrons. The van der Waals surface area contributed by atoms with E-state index in [9.17, 15) is 0 Å². The van der Waals surface area contributed by atoms with E-state index in [2.05, 4.69) is 15.2 Å². The molecule has 1 atom stereocenters. The summed E-state index contributed by atoms with van der Waals surface area (Å²) in [4.78, 5) is 6.70. The van der Waals surface area contributed by atoms with E-state index >= 15 is 0 Å². The zero-order valence-electron chi connectivity index (χ0n) is 9.80. The molecule has 2 bridgehead atoms. The lowest BCUT2D eigenvalue weighted by Gasteiger charge is -2.45. The fourth-order valence-electron chi connectivity index (χ4n) is 2.85. The zero-order valence-corrected chi connectivity index (χ0v) is 12.1. The van der Waals surface area contributed by atoms with Crippen LogP contribution in [0, 0.1) is 5.92 Å². The second-order valence-corrected chi connectivity index (χ2v) is 6.15. The Labute approximate surface area is 121 Å². The third-order valence-electron chi connectivity index (χ3n) is 3.86. The van der Waals surface area contributed by atoms with Gasteiger partial charge in [0.25, 0.3) is 0 Å². The summed E-state index contributed by atoms with van der Waals surface area (Å²) in [6.07, 6.45) is 2.49. The molecule has 3 saturated heterocycles. The smallest absolute Gasteiger partial charge is 0.150 e. The molecule has 0 saturated carbocycles. The lowest BCUT2D eigenvalue weighted by molar-refractivity contribution is 0.0974. The monoisotopic (exact) mass is 305 g/mol. The third kappa shape index (κ3) is 2.42. The summed E-state index contributed by atoms with van der Waals surface area (Å²) in [5.74, 6) is 1.35. The van der Waals surface area contributed by atoms with E-state index in [0.717, 1.165) is 6.54 Å². The lowest BCUT2D eigenvalue weighted by atomic mass is 9.84. The summed E-state index contributed by atoms with van der Waals surface area (Å²) in [6.45, 7) is 3.49. The Bertz CT molecular complexity index is 458. The van der Waals surface area contributed by atoms with Gasteiger partial charge in [-0.1, -0.05) is 34.8 Å². The van der Waals surface area contributed by atoms with Gasteiger partial charge >= 0.3 is 0 Å². The summed E-state index contributed by atoms with van der Waals surface area (Å²) >= 11 is 17.9. The Morgan fingerprint density at radius 3 is 2.50 bits per heavy atom. The van der Waals surface area contributed by atoms with Crippen LogP contribution in [0.5, 0.6) is 0 Å². The van der Waals surface area contributed by atoms with E-state index in [1.165, 1.54) is 25.9 Å². The van der Waals surface area contributed by atoms with Gasteiger partial charge in [0.1, 0.15) is 11.0 Å². The fraction of sp³-hybridized carbons (Fsp3) is 0.583. The number of pyridine rings is 1. The van der Waals surface area contributed by atoms with Crippen LogP contribution in [0.3, 0.4) is 0 Å². The summed E-state index contributed by atoms with van der Waals surface area (Å²) in [6, 6.07) is 2.05. The van der Waals surface area contributed by atoms with Gasteiger partial charge in [-0.3, -0.25) is 0 Å². The molecule has 1 aromatic heterocycles. The molecule has 1 unspecified atom stereocenters. The number of anilines is 1.